The smallest absolute Gasteiger partial charge is 0.343 e. The van der Waals surface area contributed by atoms with E-state index in [1.807, 2.05) is 35.0 Å². The number of thiophene rings is 1. The summed E-state index contributed by atoms with van der Waals surface area (Å²) in [5.41, 5.74) is 1.84. The molecule has 0 bridgehead atoms. The minimum atomic E-state index is -0.580. The first-order valence-corrected chi connectivity index (χ1v) is 8.98. The zero-order chi connectivity index (χ0) is 18.3. The van der Waals surface area contributed by atoms with Crippen molar-refractivity contribution in [1.29, 1.82) is 0 Å². The molecule has 0 fully saturated rings. The van der Waals surface area contributed by atoms with Gasteiger partial charge in [0.15, 0.2) is 11.5 Å². The highest BCUT2D eigenvalue weighted by Gasteiger charge is 2.18. The highest BCUT2D eigenvalue weighted by Crippen LogP contribution is 2.34. The number of rotatable bonds is 4. The van der Waals surface area contributed by atoms with E-state index >= 15 is 0 Å². The van der Waals surface area contributed by atoms with E-state index in [1.54, 1.807) is 24.3 Å². The SMILES string of the molecule is Cc1c(-c2cc3cc(OCc4ccsc4)ccc3o2)oc(=O)c(C)c1O. The lowest BCUT2D eigenvalue weighted by Crippen LogP contribution is -2.05. The highest BCUT2D eigenvalue weighted by atomic mass is 32.1. The molecule has 0 aliphatic heterocycles. The van der Waals surface area contributed by atoms with E-state index in [1.165, 1.54) is 6.92 Å². The van der Waals surface area contributed by atoms with Gasteiger partial charge in [0.1, 0.15) is 23.7 Å². The van der Waals surface area contributed by atoms with Crippen LogP contribution in [0.15, 0.2) is 54.7 Å². The number of furan rings is 1. The number of fused-ring (bicyclic) bond motifs is 1. The second-order valence-corrected chi connectivity index (χ2v) is 6.83. The van der Waals surface area contributed by atoms with Crippen LogP contribution in [0, 0.1) is 13.8 Å². The number of hydrogen-bond acceptors (Lipinski definition) is 6. The van der Waals surface area contributed by atoms with E-state index in [0.29, 0.717) is 23.5 Å². The predicted octanol–water partition coefficient (Wildman–Crippen LogP) is 5.02. The molecule has 1 aromatic carbocycles. The Balaban J connectivity index is 1.69. The number of benzene rings is 1. The van der Waals surface area contributed by atoms with Gasteiger partial charge in [0.05, 0.1) is 5.56 Å². The maximum Gasteiger partial charge on any atom is 0.343 e. The Morgan fingerprint density at radius 1 is 1.12 bits per heavy atom. The molecular formula is C20H16O5S. The van der Waals surface area contributed by atoms with Crippen molar-refractivity contribution < 1.29 is 18.7 Å². The van der Waals surface area contributed by atoms with Crippen molar-refractivity contribution in [3.8, 4) is 23.0 Å². The lowest BCUT2D eigenvalue weighted by molar-refractivity contribution is 0.307. The first kappa shape index (κ1) is 16.5. The Hall–Kier alpha value is -2.99. The zero-order valence-electron chi connectivity index (χ0n) is 14.2. The van der Waals surface area contributed by atoms with Crippen LogP contribution in [0.25, 0.3) is 22.5 Å². The minimum absolute atomic E-state index is 0.0727. The Morgan fingerprint density at radius 3 is 2.73 bits per heavy atom. The van der Waals surface area contributed by atoms with Crippen LogP contribution in [-0.4, -0.2) is 5.11 Å². The number of aromatic hydroxyl groups is 1. The second kappa shape index (κ2) is 6.38. The summed E-state index contributed by atoms with van der Waals surface area (Å²) in [7, 11) is 0. The molecule has 4 aromatic rings. The second-order valence-electron chi connectivity index (χ2n) is 6.05. The fourth-order valence-corrected chi connectivity index (χ4v) is 3.38. The van der Waals surface area contributed by atoms with Gasteiger partial charge in [0.2, 0.25) is 0 Å². The van der Waals surface area contributed by atoms with Gasteiger partial charge < -0.3 is 18.7 Å². The van der Waals surface area contributed by atoms with Gasteiger partial charge in [-0.25, -0.2) is 4.79 Å². The summed E-state index contributed by atoms with van der Waals surface area (Å²) in [6.45, 7) is 3.70. The molecule has 0 saturated heterocycles. The highest BCUT2D eigenvalue weighted by molar-refractivity contribution is 7.07. The molecule has 5 nitrogen and oxygen atoms in total. The van der Waals surface area contributed by atoms with Gasteiger partial charge in [0.25, 0.3) is 0 Å². The molecule has 3 heterocycles. The van der Waals surface area contributed by atoms with E-state index in [4.69, 9.17) is 13.6 Å². The summed E-state index contributed by atoms with van der Waals surface area (Å²) in [5.74, 6) is 1.27. The van der Waals surface area contributed by atoms with Crippen molar-refractivity contribution in [2.24, 2.45) is 0 Å². The summed E-state index contributed by atoms with van der Waals surface area (Å²) in [4.78, 5) is 11.9. The normalized spacial score (nSPS) is 11.2. The maximum absolute atomic E-state index is 11.9. The zero-order valence-corrected chi connectivity index (χ0v) is 15.1. The van der Waals surface area contributed by atoms with Gasteiger partial charge >= 0.3 is 5.63 Å². The van der Waals surface area contributed by atoms with Gasteiger partial charge in [-0.2, -0.15) is 11.3 Å². The van der Waals surface area contributed by atoms with Crippen molar-refractivity contribution in [3.05, 3.63) is 68.2 Å². The minimum Gasteiger partial charge on any atom is -0.507 e. The molecular weight excluding hydrogens is 352 g/mol. The predicted molar refractivity (Wildman–Crippen MR) is 100.0 cm³/mol. The topological polar surface area (TPSA) is 72.8 Å². The van der Waals surface area contributed by atoms with Crippen molar-refractivity contribution in [2.75, 3.05) is 0 Å². The summed E-state index contributed by atoms with van der Waals surface area (Å²) in [6.07, 6.45) is 0. The molecule has 3 aromatic heterocycles. The monoisotopic (exact) mass is 368 g/mol. The molecule has 0 spiro atoms. The molecule has 0 saturated carbocycles. The van der Waals surface area contributed by atoms with Crippen LogP contribution in [0.5, 0.6) is 11.5 Å². The lowest BCUT2D eigenvalue weighted by Gasteiger charge is -2.05. The molecule has 26 heavy (non-hydrogen) atoms. The molecule has 0 amide bonds. The van der Waals surface area contributed by atoms with Crippen LogP contribution in [0.3, 0.4) is 0 Å². The molecule has 0 aliphatic rings. The van der Waals surface area contributed by atoms with Crippen LogP contribution in [-0.2, 0) is 6.61 Å². The molecule has 6 heteroatoms. The Kier molecular flexibility index (Phi) is 4.05. The van der Waals surface area contributed by atoms with Gasteiger partial charge in [-0.1, -0.05) is 0 Å². The molecule has 0 atom stereocenters. The van der Waals surface area contributed by atoms with Gasteiger partial charge in [-0.05, 0) is 60.5 Å². The summed E-state index contributed by atoms with van der Waals surface area (Å²) < 4.78 is 16.9. The fourth-order valence-electron chi connectivity index (χ4n) is 2.73. The first-order chi connectivity index (χ1) is 12.5. The standard InChI is InChI=1S/C20H16O5S/c1-11-18(21)12(2)20(22)25-19(11)17-8-14-7-15(3-4-16(14)24-17)23-9-13-5-6-26-10-13/h3-8,10,21H,9H2,1-2H3. The first-order valence-electron chi connectivity index (χ1n) is 8.04. The van der Waals surface area contributed by atoms with Crippen molar-refractivity contribution in [3.63, 3.8) is 0 Å². The summed E-state index contributed by atoms with van der Waals surface area (Å²) in [6, 6.07) is 9.30. The van der Waals surface area contributed by atoms with Crippen molar-refractivity contribution in [1.82, 2.24) is 0 Å². The average molecular weight is 368 g/mol. The van der Waals surface area contributed by atoms with Crippen LogP contribution in [0.2, 0.25) is 0 Å². The Morgan fingerprint density at radius 2 is 1.96 bits per heavy atom. The van der Waals surface area contributed by atoms with Crippen LogP contribution in [0.1, 0.15) is 16.7 Å². The van der Waals surface area contributed by atoms with Gasteiger partial charge in [0, 0.05) is 10.9 Å². The van der Waals surface area contributed by atoms with Crippen LogP contribution >= 0.6 is 11.3 Å². The van der Waals surface area contributed by atoms with E-state index in [-0.39, 0.29) is 17.1 Å². The van der Waals surface area contributed by atoms with Crippen LogP contribution in [0.4, 0.5) is 0 Å². The quantitative estimate of drug-likeness (QED) is 0.548. The largest absolute Gasteiger partial charge is 0.507 e. The van der Waals surface area contributed by atoms with E-state index in [2.05, 4.69) is 0 Å². The third kappa shape index (κ3) is 2.88. The maximum atomic E-state index is 11.9. The van der Waals surface area contributed by atoms with Gasteiger partial charge in [-0.3, -0.25) is 0 Å². The fraction of sp³-hybridized carbons (Fsp3) is 0.150. The van der Waals surface area contributed by atoms with Gasteiger partial charge in [-0.15, -0.1) is 0 Å². The van der Waals surface area contributed by atoms with E-state index in [9.17, 15) is 9.90 Å². The number of hydrogen-bond donors (Lipinski definition) is 1. The van der Waals surface area contributed by atoms with Crippen molar-refractivity contribution in [2.45, 2.75) is 20.5 Å². The third-order valence-corrected chi connectivity index (χ3v) is 4.98. The molecule has 4 rings (SSSR count). The summed E-state index contributed by atoms with van der Waals surface area (Å²) in [5, 5.41) is 15.0. The van der Waals surface area contributed by atoms with Crippen molar-refractivity contribution >= 4 is 22.3 Å². The lowest BCUT2D eigenvalue weighted by atomic mass is 10.1. The Labute approximate surface area is 153 Å². The third-order valence-electron chi connectivity index (χ3n) is 4.25. The molecule has 0 unspecified atom stereocenters. The molecule has 132 valence electrons. The molecule has 0 aliphatic carbocycles. The molecule has 1 N–H and O–H groups in total. The molecule has 0 radical (unpaired) electrons. The summed E-state index contributed by atoms with van der Waals surface area (Å²) >= 11 is 1.63. The Bertz CT molecular complexity index is 1140. The number of ether oxygens (including phenoxy) is 1. The van der Waals surface area contributed by atoms with E-state index < -0.39 is 5.63 Å². The van der Waals surface area contributed by atoms with Crippen LogP contribution < -0.4 is 10.4 Å². The van der Waals surface area contributed by atoms with E-state index in [0.717, 1.165) is 16.7 Å². The average Bonchev–Trinajstić information content (AvgIpc) is 3.30.